The number of benzene rings is 1. The van der Waals surface area contributed by atoms with Gasteiger partial charge in [-0.05, 0) is 12.6 Å². The highest BCUT2D eigenvalue weighted by Gasteiger charge is 2.30. The predicted molar refractivity (Wildman–Crippen MR) is 68.6 cm³/mol. The first-order valence-electron chi connectivity index (χ1n) is 6.04. The summed E-state index contributed by atoms with van der Waals surface area (Å²) >= 11 is 0. The zero-order valence-corrected chi connectivity index (χ0v) is 11.5. The molecular weight excluding hydrogens is 293 g/mol. The second-order valence-corrected chi connectivity index (χ2v) is 4.07. The summed E-state index contributed by atoms with van der Waals surface area (Å²) in [6.45, 7) is 1.06. The van der Waals surface area contributed by atoms with E-state index in [1.807, 2.05) is 6.92 Å². The van der Waals surface area contributed by atoms with E-state index >= 15 is 0 Å². The van der Waals surface area contributed by atoms with Crippen LogP contribution in [0.3, 0.4) is 0 Å². The molecule has 0 unspecified atom stereocenters. The van der Waals surface area contributed by atoms with Gasteiger partial charge in [0.1, 0.15) is 0 Å². The Labute approximate surface area is 119 Å². The van der Waals surface area contributed by atoms with Gasteiger partial charge in [-0.2, -0.15) is 13.2 Å². The number of halogens is 3. The van der Waals surface area contributed by atoms with E-state index in [9.17, 15) is 23.3 Å². The molecule has 0 aliphatic carbocycles. The third-order valence-corrected chi connectivity index (χ3v) is 2.52. The van der Waals surface area contributed by atoms with Crippen LogP contribution in [-0.2, 0) is 6.54 Å². The first-order valence-corrected chi connectivity index (χ1v) is 6.04. The SMILES string of the molecule is CCNCc1cc(OC)c(OCC(F)(F)F)cc1[N+](=O)[O-]. The number of alkyl halides is 3. The van der Waals surface area contributed by atoms with E-state index < -0.39 is 17.7 Å². The van der Waals surface area contributed by atoms with Crippen molar-refractivity contribution in [1.29, 1.82) is 0 Å². The summed E-state index contributed by atoms with van der Waals surface area (Å²) in [7, 11) is 1.25. The topological polar surface area (TPSA) is 73.6 Å². The highest BCUT2D eigenvalue weighted by Crippen LogP contribution is 2.35. The molecule has 0 bridgehead atoms. The fraction of sp³-hybridized carbons (Fsp3) is 0.500. The van der Waals surface area contributed by atoms with E-state index in [4.69, 9.17) is 4.74 Å². The zero-order valence-electron chi connectivity index (χ0n) is 11.5. The number of rotatable bonds is 7. The van der Waals surface area contributed by atoms with E-state index in [2.05, 4.69) is 10.1 Å². The summed E-state index contributed by atoms with van der Waals surface area (Å²) in [6.07, 6.45) is -4.54. The third-order valence-electron chi connectivity index (χ3n) is 2.52. The van der Waals surface area contributed by atoms with Gasteiger partial charge in [-0.25, -0.2) is 0 Å². The Bertz CT molecular complexity index is 506. The van der Waals surface area contributed by atoms with E-state index in [0.29, 0.717) is 12.1 Å². The molecule has 6 nitrogen and oxygen atoms in total. The summed E-state index contributed by atoms with van der Waals surface area (Å²) in [4.78, 5) is 10.3. The summed E-state index contributed by atoms with van der Waals surface area (Å²) in [5, 5.41) is 13.9. The van der Waals surface area contributed by atoms with Gasteiger partial charge in [-0.15, -0.1) is 0 Å². The molecule has 1 aromatic carbocycles. The molecule has 0 saturated heterocycles. The van der Waals surface area contributed by atoms with Crippen molar-refractivity contribution in [3.8, 4) is 11.5 Å². The van der Waals surface area contributed by atoms with Gasteiger partial charge in [0, 0.05) is 12.1 Å². The van der Waals surface area contributed by atoms with Crippen molar-refractivity contribution in [1.82, 2.24) is 5.32 Å². The lowest BCUT2D eigenvalue weighted by molar-refractivity contribution is -0.385. The Kier molecular flexibility index (Phi) is 5.77. The zero-order chi connectivity index (χ0) is 16.0. The normalized spacial score (nSPS) is 11.3. The Morgan fingerprint density at radius 1 is 1.33 bits per heavy atom. The fourth-order valence-electron chi connectivity index (χ4n) is 1.59. The second kappa shape index (κ2) is 7.11. The van der Waals surface area contributed by atoms with Crippen LogP contribution in [0.1, 0.15) is 12.5 Å². The lowest BCUT2D eigenvalue weighted by Gasteiger charge is -2.14. The van der Waals surface area contributed by atoms with Crippen LogP contribution in [0.15, 0.2) is 12.1 Å². The van der Waals surface area contributed by atoms with Gasteiger partial charge >= 0.3 is 6.18 Å². The largest absolute Gasteiger partial charge is 0.493 e. The first kappa shape index (κ1) is 17.0. The van der Waals surface area contributed by atoms with Crippen molar-refractivity contribution in [2.45, 2.75) is 19.6 Å². The highest BCUT2D eigenvalue weighted by molar-refractivity contribution is 5.54. The lowest BCUT2D eigenvalue weighted by atomic mass is 10.1. The maximum Gasteiger partial charge on any atom is 0.422 e. The fourth-order valence-corrected chi connectivity index (χ4v) is 1.59. The Morgan fingerprint density at radius 3 is 2.48 bits per heavy atom. The number of nitrogens with one attached hydrogen (secondary N) is 1. The number of nitro benzene ring substituents is 1. The molecule has 118 valence electrons. The molecule has 0 saturated carbocycles. The Hall–Kier alpha value is -2.03. The number of nitrogens with zero attached hydrogens (tertiary/aromatic N) is 1. The van der Waals surface area contributed by atoms with Crippen molar-refractivity contribution in [3.63, 3.8) is 0 Å². The average molecular weight is 308 g/mol. The van der Waals surface area contributed by atoms with Crippen LogP contribution in [-0.4, -0.2) is 31.4 Å². The molecule has 21 heavy (non-hydrogen) atoms. The molecule has 0 aliphatic rings. The molecule has 1 rings (SSSR count). The van der Waals surface area contributed by atoms with Gasteiger partial charge in [-0.3, -0.25) is 10.1 Å². The Balaban J connectivity index is 3.13. The number of hydrogen-bond acceptors (Lipinski definition) is 5. The molecule has 0 fully saturated rings. The first-order chi connectivity index (χ1) is 9.78. The number of hydrogen-bond donors (Lipinski definition) is 1. The third kappa shape index (κ3) is 5.10. The molecule has 0 spiro atoms. The molecule has 0 radical (unpaired) electrons. The minimum atomic E-state index is -4.54. The van der Waals surface area contributed by atoms with Crippen LogP contribution in [0.4, 0.5) is 18.9 Å². The van der Waals surface area contributed by atoms with Crippen LogP contribution in [0.2, 0.25) is 0 Å². The summed E-state index contributed by atoms with van der Waals surface area (Å²) in [5.74, 6) is -0.306. The van der Waals surface area contributed by atoms with Gasteiger partial charge in [0.25, 0.3) is 5.69 Å². The molecule has 0 aromatic heterocycles. The van der Waals surface area contributed by atoms with Crippen molar-refractivity contribution < 1.29 is 27.6 Å². The van der Waals surface area contributed by atoms with Crippen LogP contribution < -0.4 is 14.8 Å². The van der Waals surface area contributed by atoms with E-state index in [0.717, 1.165) is 6.07 Å². The van der Waals surface area contributed by atoms with Crippen molar-refractivity contribution in [2.75, 3.05) is 20.3 Å². The molecular formula is C12H15F3N2O4. The summed E-state index contributed by atoms with van der Waals surface area (Å²) in [6, 6.07) is 2.24. The van der Waals surface area contributed by atoms with Crippen LogP contribution in [0.25, 0.3) is 0 Å². The molecule has 0 atom stereocenters. The number of methoxy groups -OCH3 is 1. The Morgan fingerprint density at radius 2 is 2.00 bits per heavy atom. The summed E-state index contributed by atoms with van der Waals surface area (Å²) in [5.41, 5.74) is -0.0213. The van der Waals surface area contributed by atoms with Gasteiger partial charge in [0.15, 0.2) is 18.1 Å². The quantitative estimate of drug-likeness (QED) is 0.619. The number of nitro groups is 1. The van der Waals surface area contributed by atoms with Crippen molar-refractivity contribution in [3.05, 3.63) is 27.8 Å². The van der Waals surface area contributed by atoms with Crippen LogP contribution >= 0.6 is 0 Å². The van der Waals surface area contributed by atoms with Gasteiger partial charge < -0.3 is 14.8 Å². The molecule has 1 aromatic rings. The molecule has 0 amide bonds. The van der Waals surface area contributed by atoms with Crippen LogP contribution in [0.5, 0.6) is 11.5 Å². The maximum atomic E-state index is 12.2. The minimum absolute atomic E-state index is 0.0118. The second-order valence-electron chi connectivity index (χ2n) is 4.07. The molecule has 1 N–H and O–H groups in total. The molecule has 9 heteroatoms. The standard InChI is InChI=1S/C12H15F3N2O4/c1-3-16-6-8-4-10(20-2)11(5-9(8)17(18)19)21-7-12(13,14)15/h4-5,16H,3,6-7H2,1-2H3. The summed E-state index contributed by atoms with van der Waals surface area (Å²) < 4.78 is 46.0. The van der Waals surface area contributed by atoms with E-state index in [-0.39, 0.29) is 23.7 Å². The van der Waals surface area contributed by atoms with Gasteiger partial charge in [-0.1, -0.05) is 6.92 Å². The predicted octanol–water partition coefficient (Wildman–Crippen LogP) is 2.65. The highest BCUT2D eigenvalue weighted by atomic mass is 19.4. The van der Waals surface area contributed by atoms with Gasteiger partial charge in [0.2, 0.25) is 0 Å². The van der Waals surface area contributed by atoms with Crippen LogP contribution in [0, 0.1) is 10.1 Å². The smallest absolute Gasteiger partial charge is 0.422 e. The molecule has 0 heterocycles. The van der Waals surface area contributed by atoms with Crippen molar-refractivity contribution >= 4 is 5.69 Å². The monoisotopic (exact) mass is 308 g/mol. The lowest BCUT2D eigenvalue weighted by Crippen LogP contribution is -2.20. The van der Waals surface area contributed by atoms with Crippen molar-refractivity contribution in [2.24, 2.45) is 0 Å². The average Bonchev–Trinajstić information content (AvgIpc) is 2.41. The maximum absolute atomic E-state index is 12.2. The van der Waals surface area contributed by atoms with E-state index in [1.165, 1.54) is 13.2 Å². The number of ether oxygens (including phenoxy) is 2. The van der Waals surface area contributed by atoms with Gasteiger partial charge in [0.05, 0.1) is 18.1 Å². The molecule has 0 aliphatic heterocycles. The minimum Gasteiger partial charge on any atom is -0.493 e. The van der Waals surface area contributed by atoms with E-state index in [1.54, 1.807) is 0 Å².